The molecule has 2 N–H and O–H groups in total. The van der Waals surface area contributed by atoms with Gasteiger partial charge in [0.15, 0.2) is 0 Å². The molecule has 1 aliphatic heterocycles. The average molecular weight is 333 g/mol. The van der Waals surface area contributed by atoms with Gasteiger partial charge in [-0.05, 0) is 56.2 Å². The number of hydrogen-bond acceptors (Lipinski definition) is 4. The van der Waals surface area contributed by atoms with Gasteiger partial charge in [0.05, 0.1) is 18.6 Å². The maximum atomic E-state index is 11.0. The van der Waals surface area contributed by atoms with Gasteiger partial charge in [0.25, 0.3) is 0 Å². The molecule has 0 aromatic heterocycles. The van der Waals surface area contributed by atoms with Crippen molar-refractivity contribution in [2.24, 2.45) is 5.92 Å². The highest BCUT2D eigenvalue weighted by molar-refractivity contribution is 5.71. The third-order valence-electron chi connectivity index (χ3n) is 5.40. The van der Waals surface area contributed by atoms with E-state index in [1.807, 2.05) is 0 Å². The van der Waals surface area contributed by atoms with Gasteiger partial charge in [-0.3, -0.25) is 4.79 Å². The Bertz CT molecular complexity index is 599. The van der Waals surface area contributed by atoms with E-state index in [9.17, 15) is 4.79 Å². The summed E-state index contributed by atoms with van der Waals surface area (Å²) < 4.78 is 11.3. The Morgan fingerprint density at radius 3 is 2.58 bits per heavy atom. The second-order valence-electron chi connectivity index (χ2n) is 7.31. The Balaban J connectivity index is 1.56. The highest BCUT2D eigenvalue weighted by atomic mass is 16.5. The van der Waals surface area contributed by atoms with Crippen LogP contribution in [0.15, 0.2) is 12.1 Å². The van der Waals surface area contributed by atoms with Gasteiger partial charge in [0, 0.05) is 19.2 Å². The number of aryl methyl sites for hydroxylation is 2. The van der Waals surface area contributed by atoms with Crippen molar-refractivity contribution in [2.45, 2.75) is 57.7 Å². The summed E-state index contributed by atoms with van der Waals surface area (Å²) in [5.41, 5.74) is 3.36. The van der Waals surface area contributed by atoms with E-state index in [-0.39, 0.29) is 11.5 Å². The number of carboxylic acids is 1. The fraction of sp³-hybridized carbons (Fsp3) is 0.632. The molecule has 1 aromatic rings. The highest BCUT2D eigenvalue weighted by Gasteiger charge is 2.51. The van der Waals surface area contributed by atoms with Gasteiger partial charge in [-0.1, -0.05) is 12.1 Å². The Kier molecular flexibility index (Phi) is 4.83. The van der Waals surface area contributed by atoms with Crippen LogP contribution < -0.4 is 10.1 Å². The van der Waals surface area contributed by atoms with Crippen LogP contribution in [0.3, 0.4) is 0 Å². The van der Waals surface area contributed by atoms with E-state index in [1.54, 1.807) is 7.11 Å². The summed E-state index contributed by atoms with van der Waals surface area (Å²) in [6.45, 7) is 5.66. The zero-order valence-electron chi connectivity index (χ0n) is 14.7. The van der Waals surface area contributed by atoms with Gasteiger partial charge < -0.3 is 19.9 Å². The van der Waals surface area contributed by atoms with Crippen LogP contribution in [-0.4, -0.2) is 36.4 Å². The molecule has 1 spiro atoms. The summed E-state index contributed by atoms with van der Waals surface area (Å²) >= 11 is 0. The number of carbonyl (C=O) groups is 1. The molecule has 1 unspecified atom stereocenters. The van der Waals surface area contributed by atoms with E-state index in [4.69, 9.17) is 14.6 Å². The molecule has 2 fully saturated rings. The van der Waals surface area contributed by atoms with Gasteiger partial charge in [0.1, 0.15) is 5.75 Å². The molecular formula is C19H27NO4. The lowest BCUT2D eigenvalue weighted by Gasteiger charge is -2.50. The summed E-state index contributed by atoms with van der Waals surface area (Å²) in [7, 11) is 1.71. The molecule has 1 atom stereocenters. The Labute approximate surface area is 143 Å². The molecule has 0 radical (unpaired) electrons. The summed E-state index contributed by atoms with van der Waals surface area (Å²) in [5.74, 6) is 0.0390. The topological polar surface area (TPSA) is 67.8 Å². The van der Waals surface area contributed by atoms with Crippen molar-refractivity contribution >= 4 is 5.97 Å². The molecular weight excluding hydrogens is 306 g/mol. The number of carboxylic acid groups (broad SMARTS) is 1. The predicted molar refractivity (Wildman–Crippen MR) is 91.4 cm³/mol. The smallest absolute Gasteiger partial charge is 0.306 e. The average Bonchev–Trinajstić information content (AvgIpc) is 2.50. The lowest BCUT2D eigenvalue weighted by molar-refractivity contribution is -0.181. The van der Waals surface area contributed by atoms with Gasteiger partial charge in [-0.25, -0.2) is 0 Å². The SMILES string of the molecule is COc1c(C)cc(CNC2CCOC3(C2)CC(C(=O)O)C3)cc1C. The van der Waals surface area contributed by atoms with Crippen molar-refractivity contribution in [3.8, 4) is 5.75 Å². The lowest BCUT2D eigenvalue weighted by Crippen LogP contribution is -2.55. The first-order valence-electron chi connectivity index (χ1n) is 8.67. The third kappa shape index (κ3) is 3.42. The van der Waals surface area contributed by atoms with Gasteiger partial charge >= 0.3 is 5.97 Å². The quantitative estimate of drug-likeness (QED) is 0.867. The minimum absolute atomic E-state index is 0.204. The Morgan fingerprint density at radius 2 is 2.00 bits per heavy atom. The van der Waals surface area contributed by atoms with Crippen LogP contribution in [0.25, 0.3) is 0 Å². The van der Waals surface area contributed by atoms with E-state index in [0.717, 1.165) is 36.3 Å². The van der Waals surface area contributed by atoms with Crippen molar-refractivity contribution < 1.29 is 19.4 Å². The number of ether oxygens (including phenoxy) is 2. The number of rotatable bonds is 5. The van der Waals surface area contributed by atoms with Crippen LogP contribution in [0.4, 0.5) is 0 Å². The number of hydrogen-bond donors (Lipinski definition) is 2. The normalized spacial score (nSPS) is 29.3. The molecule has 5 nitrogen and oxygen atoms in total. The Morgan fingerprint density at radius 1 is 1.33 bits per heavy atom. The molecule has 3 rings (SSSR count). The summed E-state index contributed by atoms with van der Waals surface area (Å²) in [4.78, 5) is 11.0. The molecule has 2 aliphatic rings. The first kappa shape index (κ1) is 17.2. The fourth-order valence-electron chi connectivity index (χ4n) is 4.23. The first-order valence-corrected chi connectivity index (χ1v) is 8.67. The van der Waals surface area contributed by atoms with E-state index in [1.165, 1.54) is 5.56 Å². The molecule has 24 heavy (non-hydrogen) atoms. The second-order valence-corrected chi connectivity index (χ2v) is 7.31. The highest BCUT2D eigenvalue weighted by Crippen LogP contribution is 2.46. The maximum absolute atomic E-state index is 11.0. The molecule has 1 heterocycles. The van der Waals surface area contributed by atoms with Gasteiger partial charge in [-0.2, -0.15) is 0 Å². The fourth-order valence-corrected chi connectivity index (χ4v) is 4.23. The Hall–Kier alpha value is -1.59. The van der Waals surface area contributed by atoms with Crippen LogP contribution in [0.5, 0.6) is 5.75 Å². The molecule has 1 aromatic carbocycles. The molecule has 132 valence electrons. The molecule has 1 saturated carbocycles. The summed E-state index contributed by atoms with van der Waals surface area (Å²) in [6, 6.07) is 4.71. The van der Waals surface area contributed by atoms with Crippen LogP contribution in [0, 0.1) is 19.8 Å². The molecule has 5 heteroatoms. The van der Waals surface area contributed by atoms with Gasteiger partial charge in [0.2, 0.25) is 0 Å². The summed E-state index contributed by atoms with van der Waals surface area (Å²) in [5, 5.41) is 12.7. The van der Waals surface area contributed by atoms with Crippen LogP contribution in [0.1, 0.15) is 42.4 Å². The van der Waals surface area contributed by atoms with E-state index in [0.29, 0.717) is 25.5 Å². The number of benzene rings is 1. The van der Waals surface area contributed by atoms with E-state index >= 15 is 0 Å². The van der Waals surface area contributed by atoms with Crippen LogP contribution >= 0.6 is 0 Å². The second kappa shape index (κ2) is 6.73. The van der Waals surface area contributed by atoms with E-state index < -0.39 is 5.97 Å². The number of aliphatic carboxylic acids is 1. The van der Waals surface area contributed by atoms with Crippen molar-refractivity contribution in [1.29, 1.82) is 0 Å². The zero-order valence-corrected chi connectivity index (χ0v) is 14.7. The number of methoxy groups -OCH3 is 1. The largest absolute Gasteiger partial charge is 0.496 e. The molecule has 1 saturated heterocycles. The van der Waals surface area contributed by atoms with E-state index in [2.05, 4.69) is 31.3 Å². The third-order valence-corrected chi connectivity index (χ3v) is 5.40. The van der Waals surface area contributed by atoms with Gasteiger partial charge in [-0.15, -0.1) is 0 Å². The first-order chi connectivity index (χ1) is 11.4. The van der Waals surface area contributed by atoms with Crippen molar-refractivity contribution in [3.05, 3.63) is 28.8 Å². The minimum Gasteiger partial charge on any atom is -0.496 e. The molecule has 1 aliphatic carbocycles. The molecule has 0 amide bonds. The number of nitrogens with one attached hydrogen (secondary N) is 1. The minimum atomic E-state index is -0.691. The standard InChI is InChI=1S/C19H27NO4/c1-12-6-14(7-13(2)17(12)23-3)11-20-16-4-5-24-19(10-16)8-15(9-19)18(21)22/h6-7,15-16,20H,4-5,8-11H2,1-3H3,(H,21,22). The van der Waals surface area contributed by atoms with Crippen LogP contribution in [0.2, 0.25) is 0 Å². The maximum Gasteiger partial charge on any atom is 0.306 e. The molecule has 0 bridgehead atoms. The summed E-state index contributed by atoms with van der Waals surface area (Å²) in [6.07, 6.45) is 3.20. The van der Waals surface area contributed by atoms with Crippen molar-refractivity contribution in [2.75, 3.05) is 13.7 Å². The van der Waals surface area contributed by atoms with Crippen molar-refractivity contribution in [3.63, 3.8) is 0 Å². The van der Waals surface area contributed by atoms with Crippen molar-refractivity contribution in [1.82, 2.24) is 5.32 Å². The zero-order chi connectivity index (χ0) is 17.3. The monoisotopic (exact) mass is 333 g/mol. The lowest BCUT2D eigenvalue weighted by atomic mass is 9.66. The van der Waals surface area contributed by atoms with Crippen LogP contribution in [-0.2, 0) is 16.1 Å². The predicted octanol–water partition coefficient (Wildman–Crippen LogP) is 2.81.